The Morgan fingerprint density at radius 3 is 2.45 bits per heavy atom. The van der Waals surface area contributed by atoms with E-state index in [0.29, 0.717) is 13.2 Å². The lowest BCUT2D eigenvalue weighted by Gasteiger charge is -2.12. The van der Waals surface area contributed by atoms with Crippen LogP contribution in [0, 0.1) is 5.92 Å². The summed E-state index contributed by atoms with van der Waals surface area (Å²) in [6.45, 7) is 5.60. The highest BCUT2D eigenvalue weighted by molar-refractivity contribution is 5.72. The van der Waals surface area contributed by atoms with Gasteiger partial charge < -0.3 is 9.47 Å². The van der Waals surface area contributed by atoms with Crippen LogP contribution in [0.2, 0.25) is 0 Å². The first kappa shape index (κ1) is 18.7. The fourth-order valence-electron chi connectivity index (χ4n) is 2.18. The molecule has 0 radical (unpaired) electrons. The van der Waals surface area contributed by atoms with Crippen molar-refractivity contribution in [1.29, 1.82) is 0 Å². The number of rotatable bonds is 12. The second-order valence-corrected chi connectivity index (χ2v) is 5.84. The quantitative estimate of drug-likeness (QED) is 0.413. The fraction of sp³-hybridized carbons (Fsp3) is 0.632. The van der Waals surface area contributed by atoms with Crippen LogP contribution in [-0.4, -0.2) is 19.2 Å². The highest BCUT2D eigenvalue weighted by atomic mass is 16.5. The van der Waals surface area contributed by atoms with Crippen LogP contribution in [0.3, 0.4) is 0 Å². The highest BCUT2D eigenvalue weighted by Gasteiger charge is 2.14. The van der Waals surface area contributed by atoms with Gasteiger partial charge in [0.2, 0.25) is 0 Å². The Kier molecular flexibility index (Phi) is 10.4. The number of carbonyl (C=O) groups is 1. The van der Waals surface area contributed by atoms with Crippen molar-refractivity contribution in [2.75, 3.05) is 13.2 Å². The number of unbranched alkanes of at least 4 members (excludes halogenated alkanes) is 5. The van der Waals surface area contributed by atoms with E-state index in [0.717, 1.165) is 18.6 Å². The van der Waals surface area contributed by atoms with Gasteiger partial charge in [-0.25, -0.2) is 0 Å². The van der Waals surface area contributed by atoms with Crippen LogP contribution in [0.15, 0.2) is 30.3 Å². The number of benzene rings is 1. The predicted octanol–water partition coefficient (Wildman–Crippen LogP) is 4.74. The molecule has 124 valence electrons. The van der Waals surface area contributed by atoms with Crippen molar-refractivity contribution in [2.24, 2.45) is 5.92 Å². The van der Waals surface area contributed by atoms with Crippen molar-refractivity contribution in [1.82, 2.24) is 0 Å². The summed E-state index contributed by atoms with van der Waals surface area (Å²) >= 11 is 0. The Balaban J connectivity index is 2.02. The Morgan fingerprint density at radius 1 is 1.05 bits per heavy atom. The standard InChI is InChI=1S/C19H30O3/c1-3-4-5-6-7-11-14-21-15-17(2)19(20)22-16-18-12-9-8-10-13-18/h8-10,12-13,17H,3-7,11,14-16H2,1-2H3. The average molecular weight is 306 g/mol. The summed E-state index contributed by atoms with van der Waals surface area (Å²) < 4.78 is 10.9. The largest absolute Gasteiger partial charge is 0.461 e. The minimum Gasteiger partial charge on any atom is -0.461 e. The van der Waals surface area contributed by atoms with E-state index < -0.39 is 0 Å². The summed E-state index contributed by atoms with van der Waals surface area (Å²) in [5.74, 6) is -0.393. The van der Waals surface area contributed by atoms with Crippen molar-refractivity contribution >= 4 is 5.97 Å². The number of hydrogen-bond acceptors (Lipinski definition) is 3. The maximum Gasteiger partial charge on any atom is 0.311 e. The van der Waals surface area contributed by atoms with Gasteiger partial charge in [-0.05, 0) is 18.9 Å². The summed E-state index contributed by atoms with van der Waals surface area (Å²) in [5.41, 5.74) is 1.01. The van der Waals surface area contributed by atoms with Gasteiger partial charge in [-0.1, -0.05) is 69.4 Å². The van der Waals surface area contributed by atoms with Gasteiger partial charge >= 0.3 is 5.97 Å². The lowest BCUT2D eigenvalue weighted by molar-refractivity contribution is -0.151. The molecule has 0 bridgehead atoms. The number of carbonyl (C=O) groups excluding carboxylic acids is 1. The minimum atomic E-state index is -0.205. The Morgan fingerprint density at radius 2 is 1.73 bits per heavy atom. The smallest absolute Gasteiger partial charge is 0.311 e. The molecule has 1 aromatic rings. The van der Waals surface area contributed by atoms with Crippen molar-refractivity contribution in [3.63, 3.8) is 0 Å². The molecule has 0 aliphatic heterocycles. The lowest BCUT2D eigenvalue weighted by atomic mass is 10.1. The molecule has 0 N–H and O–H groups in total. The summed E-state index contributed by atoms with van der Waals surface area (Å²) in [6.07, 6.45) is 7.50. The first-order valence-electron chi connectivity index (χ1n) is 8.52. The third-order valence-electron chi connectivity index (χ3n) is 3.64. The molecule has 0 saturated carbocycles. The molecule has 3 heteroatoms. The topological polar surface area (TPSA) is 35.5 Å². The van der Waals surface area contributed by atoms with E-state index in [2.05, 4.69) is 6.92 Å². The minimum absolute atomic E-state index is 0.188. The molecular weight excluding hydrogens is 276 g/mol. The van der Waals surface area contributed by atoms with Gasteiger partial charge in [-0.2, -0.15) is 0 Å². The summed E-state index contributed by atoms with van der Waals surface area (Å²) in [5, 5.41) is 0. The van der Waals surface area contributed by atoms with Crippen molar-refractivity contribution in [3.8, 4) is 0 Å². The zero-order valence-corrected chi connectivity index (χ0v) is 14.1. The summed E-state index contributed by atoms with van der Waals surface area (Å²) in [7, 11) is 0. The molecule has 0 fully saturated rings. The van der Waals surface area contributed by atoms with E-state index in [1.54, 1.807) is 0 Å². The second-order valence-electron chi connectivity index (χ2n) is 5.84. The maximum absolute atomic E-state index is 11.9. The van der Waals surface area contributed by atoms with Gasteiger partial charge in [0.1, 0.15) is 6.61 Å². The van der Waals surface area contributed by atoms with E-state index in [-0.39, 0.29) is 11.9 Å². The normalized spacial score (nSPS) is 12.1. The number of hydrogen-bond donors (Lipinski definition) is 0. The Hall–Kier alpha value is -1.35. The molecule has 0 heterocycles. The molecule has 3 nitrogen and oxygen atoms in total. The van der Waals surface area contributed by atoms with Gasteiger partial charge in [0, 0.05) is 6.61 Å². The molecular formula is C19H30O3. The molecule has 0 amide bonds. The van der Waals surface area contributed by atoms with E-state index >= 15 is 0 Å². The lowest BCUT2D eigenvalue weighted by Crippen LogP contribution is -2.20. The van der Waals surface area contributed by atoms with Gasteiger partial charge in [0.25, 0.3) is 0 Å². The molecule has 0 aliphatic carbocycles. The maximum atomic E-state index is 11.9. The summed E-state index contributed by atoms with van der Waals surface area (Å²) in [4.78, 5) is 11.9. The molecule has 0 saturated heterocycles. The van der Waals surface area contributed by atoms with Gasteiger partial charge in [0.15, 0.2) is 0 Å². The Bertz CT molecular complexity index is 389. The highest BCUT2D eigenvalue weighted by Crippen LogP contribution is 2.07. The van der Waals surface area contributed by atoms with Crippen molar-refractivity contribution in [2.45, 2.75) is 59.0 Å². The van der Waals surface area contributed by atoms with E-state index in [1.807, 2.05) is 37.3 Å². The van der Waals surface area contributed by atoms with Crippen LogP contribution in [0.25, 0.3) is 0 Å². The zero-order valence-electron chi connectivity index (χ0n) is 14.1. The number of ether oxygens (including phenoxy) is 2. The average Bonchev–Trinajstić information content (AvgIpc) is 2.55. The van der Waals surface area contributed by atoms with E-state index in [9.17, 15) is 4.79 Å². The molecule has 22 heavy (non-hydrogen) atoms. The number of esters is 1. The third-order valence-corrected chi connectivity index (χ3v) is 3.64. The fourth-order valence-corrected chi connectivity index (χ4v) is 2.18. The Labute approximate surface area is 135 Å². The molecule has 0 aromatic heterocycles. The van der Waals surface area contributed by atoms with Crippen molar-refractivity contribution in [3.05, 3.63) is 35.9 Å². The molecule has 0 aliphatic rings. The molecule has 1 rings (SSSR count). The van der Waals surface area contributed by atoms with E-state index in [1.165, 1.54) is 32.1 Å². The third kappa shape index (κ3) is 8.83. The van der Waals surface area contributed by atoms with Gasteiger partial charge in [0.05, 0.1) is 12.5 Å². The van der Waals surface area contributed by atoms with Gasteiger partial charge in [-0.3, -0.25) is 4.79 Å². The van der Waals surface area contributed by atoms with Crippen LogP contribution >= 0.6 is 0 Å². The zero-order chi connectivity index (χ0) is 16.0. The first-order valence-corrected chi connectivity index (χ1v) is 8.52. The van der Waals surface area contributed by atoms with Crippen molar-refractivity contribution < 1.29 is 14.3 Å². The van der Waals surface area contributed by atoms with Crippen LogP contribution in [0.1, 0.15) is 57.9 Å². The van der Waals surface area contributed by atoms with Gasteiger partial charge in [-0.15, -0.1) is 0 Å². The summed E-state index contributed by atoms with van der Waals surface area (Å²) in [6, 6.07) is 9.73. The van der Waals surface area contributed by atoms with E-state index in [4.69, 9.17) is 9.47 Å². The second kappa shape index (κ2) is 12.2. The molecule has 1 atom stereocenters. The van der Waals surface area contributed by atoms with Crippen LogP contribution in [0.4, 0.5) is 0 Å². The predicted molar refractivity (Wildman–Crippen MR) is 89.6 cm³/mol. The monoisotopic (exact) mass is 306 g/mol. The molecule has 0 spiro atoms. The van der Waals surface area contributed by atoms with Crippen LogP contribution in [0.5, 0.6) is 0 Å². The van der Waals surface area contributed by atoms with Crippen LogP contribution < -0.4 is 0 Å². The molecule has 1 unspecified atom stereocenters. The molecule has 1 aromatic carbocycles. The SMILES string of the molecule is CCCCCCCCOCC(C)C(=O)OCc1ccccc1. The first-order chi connectivity index (χ1) is 10.7. The van der Waals surface area contributed by atoms with Crippen LogP contribution in [-0.2, 0) is 20.9 Å².